The number of carbonyl (C=O) groups excluding carboxylic acids is 1. The van der Waals surface area contributed by atoms with Gasteiger partial charge < -0.3 is 10.6 Å². The van der Waals surface area contributed by atoms with Gasteiger partial charge in [0.15, 0.2) is 0 Å². The summed E-state index contributed by atoms with van der Waals surface area (Å²) in [6.07, 6.45) is 3.48. The SMILES string of the molecule is CCSC1CCC(NC(=O)c2ccc3c(c2)CNC3)C1. The van der Waals surface area contributed by atoms with E-state index in [0.717, 1.165) is 36.7 Å². The van der Waals surface area contributed by atoms with E-state index in [0.29, 0.717) is 6.04 Å². The number of amides is 1. The molecule has 108 valence electrons. The number of rotatable bonds is 4. The van der Waals surface area contributed by atoms with Gasteiger partial charge in [0, 0.05) is 29.9 Å². The molecule has 1 saturated carbocycles. The molecule has 0 saturated heterocycles. The van der Waals surface area contributed by atoms with Crippen LogP contribution in [0, 0.1) is 0 Å². The van der Waals surface area contributed by atoms with Gasteiger partial charge in [0.05, 0.1) is 0 Å². The Kier molecular flexibility index (Phi) is 4.32. The predicted molar refractivity (Wildman–Crippen MR) is 84.0 cm³/mol. The first-order chi connectivity index (χ1) is 9.76. The van der Waals surface area contributed by atoms with Crippen LogP contribution in [-0.2, 0) is 13.1 Å². The van der Waals surface area contributed by atoms with Gasteiger partial charge in [-0.1, -0.05) is 13.0 Å². The van der Waals surface area contributed by atoms with Crippen LogP contribution in [-0.4, -0.2) is 23.0 Å². The second-order valence-electron chi connectivity index (χ2n) is 5.65. The monoisotopic (exact) mass is 290 g/mol. The lowest BCUT2D eigenvalue weighted by Crippen LogP contribution is -2.33. The van der Waals surface area contributed by atoms with Crippen molar-refractivity contribution in [3.05, 3.63) is 34.9 Å². The van der Waals surface area contributed by atoms with Gasteiger partial charge >= 0.3 is 0 Å². The summed E-state index contributed by atoms with van der Waals surface area (Å²) < 4.78 is 0. The van der Waals surface area contributed by atoms with E-state index in [2.05, 4.69) is 23.6 Å². The van der Waals surface area contributed by atoms with Crippen LogP contribution in [0.25, 0.3) is 0 Å². The second-order valence-corrected chi connectivity index (χ2v) is 7.23. The summed E-state index contributed by atoms with van der Waals surface area (Å²) >= 11 is 2.02. The zero-order valence-corrected chi connectivity index (χ0v) is 12.8. The molecule has 1 heterocycles. The lowest BCUT2D eigenvalue weighted by Gasteiger charge is -2.13. The maximum atomic E-state index is 12.3. The van der Waals surface area contributed by atoms with Crippen molar-refractivity contribution in [2.24, 2.45) is 0 Å². The van der Waals surface area contributed by atoms with Gasteiger partial charge in [-0.05, 0) is 48.3 Å². The van der Waals surface area contributed by atoms with Gasteiger partial charge in [-0.2, -0.15) is 11.8 Å². The van der Waals surface area contributed by atoms with Crippen LogP contribution in [0.15, 0.2) is 18.2 Å². The molecule has 1 aliphatic carbocycles. The van der Waals surface area contributed by atoms with Crippen molar-refractivity contribution in [2.45, 2.75) is 50.6 Å². The molecule has 0 spiro atoms. The predicted octanol–water partition coefficient (Wildman–Crippen LogP) is 2.69. The standard InChI is InChI=1S/C16H22N2OS/c1-2-20-15-6-5-14(8-15)18-16(19)11-3-4-12-9-17-10-13(12)7-11/h3-4,7,14-15,17H,2,5-6,8-10H2,1H3,(H,18,19). The maximum absolute atomic E-state index is 12.3. The Morgan fingerprint density at radius 1 is 1.35 bits per heavy atom. The first-order valence-corrected chi connectivity index (χ1v) is 8.56. The molecule has 1 amide bonds. The minimum atomic E-state index is 0.0897. The zero-order valence-electron chi connectivity index (χ0n) is 11.9. The third kappa shape index (κ3) is 3.01. The van der Waals surface area contributed by atoms with E-state index < -0.39 is 0 Å². The molecule has 0 bridgehead atoms. The van der Waals surface area contributed by atoms with Gasteiger partial charge in [-0.3, -0.25) is 4.79 Å². The van der Waals surface area contributed by atoms with Crippen LogP contribution in [0.3, 0.4) is 0 Å². The van der Waals surface area contributed by atoms with E-state index in [1.165, 1.54) is 23.3 Å². The molecule has 2 unspecified atom stereocenters. The average molecular weight is 290 g/mol. The molecule has 4 heteroatoms. The van der Waals surface area contributed by atoms with Crippen LogP contribution >= 0.6 is 11.8 Å². The number of hydrogen-bond donors (Lipinski definition) is 2. The summed E-state index contributed by atoms with van der Waals surface area (Å²) in [4.78, 5) is 12.3. The molecule has 2 aliphatic rings. The van der Waals surface area contributed by atoms with Crippen LogP contribution in [0.5, 0.6) is 0 Å². The van der Waals surface area contributed by atoms with Gasteiger partial charge in [0.1, 0.15) is 0 Å². The lowest BCUT2D eigenvalue weighted by atomic mass is 10.1. The van der Waals surface area contributed by atoms with Crippen molar-refractivity contribution in [1.29, 1.82) is 0 Å². The van der Waals surface area contributed by atoms with Gasteiger partial charge in [-0.25, -0.2) is 0 Å². The highest BCUT2D eigenvalue weighted by atomic mass is 32.2. The summed E-state index contributed by atoms with van der Waals surface area (Å²) in [5.41, 5.74) is 3.39. The molecule has 2 N–H and O–H groups in total. The molecule has 0 aromatic heterocycles. The summed E-state index contributed by atoms with van der Waals surface area (Å²) in [6.45, 7) is 4.01. The van der Waals surface area contributed by atoms with Crippen molar-refractivity contribution in [3.8, 4) is 0 Å². The Hall–Kier alpha value is -1.00. The minimum absolute atomic E-state index is 0.0897. The van der Waals surface area contributed by atoms with Crippen LogP contribution in [0.1, 0.15) is 47.7 Å². The molecule has 2 atom stereocenters. The fourth-order valence-electron chi connectivity index (χ4n) is 3.16. The van der Waals surface area contributed by atoms with Crippen molar-refractivity contribution in [2.75, 3.05) is 5.75 Å². The number of thioether (sulfide) groups is 1. The summed E-state index contributed by atoms with van der Waals surface area (Å²) in [6, 6.07) is 6.43. The Balaban J connectivity index is 1.60. The third-order valence-corrected chi connectivity index (χ3v) is 5.45. The normalized spacial score (nSPS) is 24.6. The highest BCUT2D eigenvalue weighted by Crippen LogP contribution is 2.29. The van der Waals surface area contributed by atoms with Gasteiger partial charge in [-0.15, -0.1) is 0 Å². The largest absolute Gasteiger partial charge is 0.349 e. The summed E-state index contributed by atoms with van der Waals surface area (Å²) in [5.74, 6) is 1.26. The smallest absolute Gasteiger partial charge is 0.251 e. The molecule has 0 radical (unpaired) electrons. The van der Waals surface area contributed by atoms with E-state index in [-0.39, 0.29) is 5.91 Å². The van der Waals surface area contributed by atoms with E-state index in [9.17, 15) is 4.79 Å². The van der Waals surface area contributed by atoms with Gasteiger partial charge in [0.2, 0.25) is 0 Å². The molecule has 1 aliphatic heterocycles. The van der Waals surface area contributed by atoms with Crippen LogP contribution in [0.2, 0.25) is 0 Å². The van der Waals surface area contributed by atoms with E-state index in [1.54, 1.807) is 0 Å². The molecular formula is C16H22N2OS. The Morgan fingerprint density at radius 2 is 2.20 bits per heavy atom. The fourth-order valence-corrected chi connectivity index (χ4v) is 4.31. The summed E-state index contributed by atoms with van der Waals surface area (Å²) in [7, 11) is 0. The average Bonchev–Trinajstić information content (AvgIpc) is 3.07. The minimum Gasteiger partial charge on any atom is -0.349 e. The zero-order chi connectivity index (χ0) is 13.9. The first-order valence-electron chi connectivity index (χ1n) is 7.51. The van der Waals surface area contributed by atoms with Crippen molar-refractivity contribution in [3.63, 3.8) is 0 Å². The molecular weight excluding hydrogens is 268 g/mol. The van der Waals surface area contributed by atoms with Crippen molar-refractivity contribution < 1.29 is 4.79 Å². The number of fused-ring (bicyclic) bond motifs is 1. The van der Waals surface area contributed by atoms with Crippen LogP contribution in [0.4, 0.5) is 0 Å². The molecule has 3 nitrogen and oxygen atoms in total. The maximum Gasteiger partial charge on any atom is 0.251 e. The Bertz CT molecular complexity index is 503. The molecule has 1 fully saturated rings. The van der Waals surface area contributed by atoms with Gasteiger partial charge in [0.25, 0.3) is 5.91 Å². The topological polar surface area (TPSA) is 41.1 Å². The summed E-state index contributed by atoms with van der Waals surface area (Å²) in [5, 5.41) is 7.25. The lowest BCUT2D eigenvalue weighted by molar-refractivity contribution is 0.0938. The number of benzene rings is 1. The van der Waals surface area contributed by atoms with Crippen molar-refractivity contribution >= 4 is 17.7 Å². The van der Waals surface area contributed by atoms with Crippen molar-refractivity contribution in [1.82, 2.24) is 10.6 Å². The van der Waals surface area contributed by atoms with E-state index in [1.807, 2.05) is 23.9 Å². The number of carbonyl (C=O) groups is 1. The highest BCUT2D eigenvalue weighted by molar-refractivity contribution is 7.99. The molecule has 20 heavy (non-hydrogen) atoms. The third-order valence-electron chi connectivity index (χ3n) is 4.22. The number of nitrogens with one attached hydrogen (secondary N) is 2. The highest BCUT2D eigenvalue weighted by Gasteiger charge is 2.26. The van der Waals surface area contributed by atoms with E-state index in [4.69, 9.17) is 0 Å². The first kappa shape index (κ1) is 14.0. The molecule has 1 aromatic rings. The molecule has 3 rings (SSSR count). The Labute approximate surface area is 124 Å². The quantitative estimate of drug-likeness (QED) is 0.896. The number of hydrogen-bond acceptors (Lipinski definition) is 3. The second kappa shape index (κ2) is 6.19. The fraction of sp³-hybridized carbons (Fsp3) is 0.562. The van der Waals surface area contributed by atoms with E-state index >= 15 is 0 Å². The van der Waals surface area contributed by atoms with Crippen LogP contribution < -0.4 is 10.6 Å². The molecule has 1 aromatic carbocycles. The Morgan fingerprint density at radius 3 is 3.05 bits per heavy atom.